The molecule has 3 N–H and O–H groups in total. The van der Waals surface area contributed by atoms with Gasteiger partial charge in [-0.2, -0.15) is 25.5 Å². The van der Waals surface area contributed by atoms with Gasteiger partial charge >= 0.3 is 0 Å². The summed E-state index contributed by atoms with van der Waals surface area (Å²) in [5.41, 5.74) is 29.2. The summed E-state index contributed by atoms with van der Waals surface area (Å²) in [6, 6.07) is 48.3. The largest absolute Gasteiger partial charge is 0.497 e. The zero-order valence-corrected chi connectivity index (χ0v) is 85.1. The number of benzene rings is 8. The molecule has 0 saturated carbocycles. The number of piperidine rings is 1. The molecule has 8 aromatic carbocycles. The number of aromatic nitrogens is 18. The number of hydrogen-bond acceptors (Lipinski definition) is 31. The Balaban J connectivity index is 0.000000134. The van der Waals surface area contributed by atoms with E-state index in [0.717, 1.165) is 265 Å². The number of nitrogens with one attached hydrogen (secondary N) is 1. The lowest BCUT2D eigenvalue weighted by molar-refractivity contribution is -0.123. The maximum atomic E-state index is 12.2. The monoisotopic (exact) mass is 1970 g/mol. The first-order chi connectivity index (χ1) is 71.0. The van der Waals surface area contributed by atoms with Crippen molar-refractivity contribution in [2.75, 3.05) is 168 Å². The molecule has 754 valence electrons. The van der Waals surface area contributed by atoms with E-state index in [4.69, 9.17) is 63.6 Å². The van der Waals surface area contributed by atoms with Gasteiger partial charge in [0, 0.05) is 271 Å². The zero-order valence-electron chi connectivity index (χ0n) is 85.1. The van der Waals surface area contributed by atoms with Gasteiger partial charge in [0.05, 0.1) is 211 Å². The third kappa shape index (κ3) is 25.4. The van der Waals surface area contributed by atoms with E-state index in [1.807, 2.05) is 214 Å². The van der Waals surface area contributed by atoms with Gasteiger partial charge in [0.15, 0.2) is 0 Å². The van der Waals surface area contributed by atoms with E-state index in [2.05, 4.69) is 126 Å². The number of likely N-dealkylation sites (tertiary alicyclic amines) is 1. The molecule has 3 aliphatic rings. The Bertz CT molecular complexity index is 7340. The van der Waals surface area contributed by atoms with Crippen LogP contribution in [0.1, 0.15) is 32.3 Å². The van der Waals surface area contributed by atoms with Crippen molar-refractivity contribution in [3.63, 3.8) is 0 Å². The number of carbonyl (C=O) groups is 1. The number of aryl methyl sites for hydroxylation is 5. The second kappa shape index (κ2) is 47.1. The molecule has 37 nitrogen and oxygen atoms in total. The van der Waals surface area contributed by atoms with Gasteiger partial charge in [-0.05, 0) is 131 Å². The topological polar surface area (TPSA) is 356 Å². The molecular formula is C109H124N28O9. The van der Waals surface area contributed by atoms with Crippen LogP contribution < -0.4 is 68.5 Å². The number of nitrogens with zero attached hydrogens (tertiary/aromatic N) is 26. The van der Waals surface area contributed by atoms with Crippen molar-refractivity contribution >= 4 is 101 Å². The Labute approximate surface area is 848 Å². The fourth-order valence-corrected chi connectivity index (χ4v) is 17.8. The van der Waals surface area contributed by atoms with E-state index in [1.54, 1.807) is 124 Å². The molecule has 0 radical (unpaired) electrons. The first-order valence-corrected chi connectivity index (χ1v) is 48.4. The summed E-state index contributed by atoms with van der Waals surface area (Å²) >= 11 is 0. The summed E-state index contributed by atoms with van der Waals surface area (Å²) < 4.78 is 53.2. The van der Waals surface area contributed by atoms with Gasteiger partial charge in [-0.3, -0.25) is 62.9 Å². The molecule has 0 bridgehead atoms. The smallest absolute Gasteiger partial charge is 0.234 e. The number of amides is 1. The van der Waals surface area contributed by atoms with Crippen molar-refractivity contribution in [2.45, 2.75) is 39.3 Å². The van der Waals surface area contributed by atoms with Crippen LogP contribution in [0.25, 0.3) is 89.2 Å². The highest BCUT2D eigenvalue weighted by atomic mass is 16.5. The second-order valence-corrected chi connectivity index (χ2v) is 36.2. The fourth-order valence-electron chi connectivity index (χ4n) is 17.8. The van der Waals surface area contributed by atoms with Crippen LogP contribution in [0.5, 0.6) is 46.0 Å². The number of aliphatic imine (C=N–C) groups is 1. The second-order valence-electron chi connectivity index (χ2n) is 36.2. The van der Waals surface area contributed by atoms with E-state index in [0.29, 0.717) is 43.6 Å². The molecule has 0 aliphatic carbocycles. The van der Waals surface area contributed by atoms with E-state index >= 15 is 0 Å². The summed E-state index contributed by atoms with van der Waals surface area (Å²) in [5.74, 6) is 6.55. The Morgan fingerprint density at radius 3 is 0.966 bits per heavy atom. The number of piperazine rings is 1. The van der Waals surface area contributed by atoms with Crippen molar-refractivity contribution in [3.05, 3.63) is 250 Å². The minimum atomic E-state index is 0.0858. The summed E-state index contributed by atoms with van der Waals surface area (Å²) in [7, 11) is 22.7. The van der Waals surface area contributed by atoms with Crippen LogP contribution in [0.2, 0.25) is 0 Å². The Kier molecular flexibility index (Phi) is 32.6. The molecule has 146 heavy (non-hydrogen) atoms. The fraction of sp³-hybridized carbons (Fsp3) is 0.312. The van der Waals surface area contributed by atoms with Crippen LogP contribution in [0.15, 0.2) is 249 Å². The minimum Gasteiger partial charge on any atom is -0.497 e. The lowest BCUT2D eigenvalue weighted by Crippen LogP contribution is -2.51. The summed E-state index contributed by atoms with van der Waals surface area (Å²) in [5, 5.41) is 24.4. The Hall–Kier alpha value is -16.5. The predicted molar refractivity (Wildman–Crippen MR) is 571 cm³/mol. The Morgan fingerprint density at radius 2 is 0.671 bits per heavy atom. The number of hydrogen-bond donors (Lipinski definition) is 2. The highest BCUT2D eigenvalue weighted by Gasteiger charge is 2.27. The van der Waals surface area contributed by atoms with Crippen molar-refractivity contribution in [3.8, 4) is 91.0 Å². The molecule has 1 amide bonds. The molecule has 9 aromatic heterocycles. The average Bonchev–Trinajstić information content (AvgIpc) is 1.31. The molecule has 2 fully saturated rings. The van der Waals surface area contributed by atoms with Crippen molar-refractivity contribution in [1.82, 2.24) is 109 Å². The van der Waals surface area contributed by atoms with Crippen molar-refractivity contribution in [2.24, 2.45) is 51.9 Å². The highest BCUT2D eigenvalue weighted by molar-refractivity contribution is 6.01. The van der Waals surface area contributed by atoms with Crippen LogP contribution in [0, 0.1) is 5.92 Å². The lowest BCUT2D eigenvalue weighted by Gasteiger charge is -2.36. The van der Waals surface area contributed by atoms with Gasteiger partial charge in [0.1, 0.15) is 46.0 Å². The van der Waals surface area contributed by atoms with E-state index in [1.165, 1.54) is 0 Å². The van der Waals surface area contributed by atoms with E-state index in [-0.39, 0.29) is 11.9 Å². The average molecular weight is 1970 g/mol. The molecule has 0 unspecified atom stereocenters. The third-order valence-corrected chi connectivity index (χ3v) is 25.7. The maximum absolute atomic E-state index is 12.2. The zero-order chi connectivity index (χ0) is 102. The standard InChI is InChI=1S/C31H40N8O3.C28H35N7O2.C25H25N7O2.C25H24N6O2/c1-22(2)34-31(40)21-38-10-8-37(9-11-38)12-13-39(25-14-26(41-4)17-27(15-25)42-5)24-6-7-28-29(16-24)35-30(19-32-28)23-18-33-36(3)20-23;1-33-19-21(17-31-33)28-18-30-26-5-4-22(14-27(26)32-28)35(11-10-34-8-6-20(16-29)7-9-34)23-12-24(36-2)15-25(13-23)37-3;1-30-14-17(11-27-30)15-32(20-7-21(33-3)10-22(8-20)34-4)19-5-6-23-24(9-19)29-25(13-26-23)18-12-28-31(2)16-18;1-30-15-17(13-28-30)25-14-27-23-7-6-19(11-24(23)29-25)31(16-18-5-4-8-26-18)20-9-21(32-2)12-22(10-20)33-3/h6-7,14-20,22H,8-13,21H2,1-5H3,(H,34,40);4-5,12-15,17-20H,6-11,16,29H2,1-3H3;5-14,16H,15H2,1-4H3;4-7,9-15H,8,16H2,1-3H3. The third-order valence-electron chi connectivity index (χ3n) is 25.7. The number of rotatable bonds is 34. The van der Waals surface area contributed by atoms with Crippen LogP contribution in [0.4, 0.5) is 45.5 Å². The van der Waals surface area contributed by atoms with Crippen LogP contribution >= 0.6 is 0 Å². The van der Waals surface area contributed by atoms with E-state index in [9.17, 15) is 4.79 Å². The molecule has 3 aliphatic heterocycles. The molecule has 37 heteroatoms. The number of fused-ring (bicyclic) bond motifs is 4. The number of anilines is 8. The number of carbonyl (C=O) groups excluding carboxylic acids is 1. The Morgan fingerprint density at radius 1 is 0.363 bits per heavy atom. The maximum Gasteiger partial charge on any atom is 0.234 e. The highest BCUT2D eigenvalue weighted by Crippen LogP contribution is 2.41. The first-order valence-electron chi connectivity index (χ1n) is 48.4. The quantitative estimate of drug-likeness (QED) is 0.0378. The molecular weight excluding hydrogens is 1850 g/mol. The van der Waals surface area contributed by atoms with E-state index < -0.39 is 0 Å². The first kappa shape index (κ1) is 101. The molecule has 2 saturated heterocycles. The number of ether oxygens (including phenoxy) is 8. The van der Waals surface area contributed by atoms with Gasteiger partial charge in [-0.25, -0.2) is 19.9 Å². The molecule has 0 spiro atoms. The normalized spacial score (nSPS) is 13.3. The predicted octanol–water partition coefficient (Wildman–Crippen LogP) is 15.5. The van der Waals surface area contributed by atoms with Crippen LogP contribution in [0.3, 0.4) is 0 Å². The summed E-state index contributed by atoms with van der Waals surface area (Å²) in [4.78, 5) is 71.0. The van der Waals surface area contributed by atoms with Gasteiger partial charge < -0.3 is 73.4 Å². The molecule has 20 rings (SSSR count). The lowest BCUT2D eigenvalue weighted by atomic mass is 9.97. The molecule has 17 aromatic rings. The summed E-state index contributed by atoms with van der Waals surface area (Å²) in [6.45, 7) is 16.2. The SMILES string of the molecule is COc1cc(OC)cc(N(CC2=NCC=C2)c2ccc3ncc(-c4cnn(C)c4)nc3c2)c1.COc1cc(OC)cc(N(CCN2CCC(CN)CC2)c2ccc3ncc(-c4cnn(C)c4)nc3c2)c1.COc1cc(OC)cc(N(CCN2CCN(CC(=O)NC(C)C)CC2)c2ccc3ncc(-c4cnn(C)c4)nc3c2)c1.COc1cc(OC)cc(N(Cc2cnn(C)c2)c2ccc3ncc(-c4cnn(C)c4)nc3c2)c1. The van der Waals surface area contributed by atoms with Gasteiger partial charge in [0.25, 0.3) is 0 Å². The molecule has 12 heterocycles. The van der Waals surface area contributed by atoms with Crippen molar-refractivity contribution < 1.29 is 42.7 Å². The summed E-state index contributed by atoms with van der Waals surface area (Å²) in [6.07, 6.45) is 32.4. The molecule has 0 atom stereocenters. The van der Waals surface area contributed by atoms with Gasteiger partial charge in [0.2, 0.25) is 5.91 Å². The number of methoxy groups -OCH3 is 8. The number of nitrogens with two attached hydrogens (primary N) is 1. The van der Waals surface area contributed by atoms with Crippen LogP contribution in [-0.2, 0) is 46.6 Å². The van der Waals surface area contributed by atoms with Gasteiger partial charge in [-0.15, -0.1) is 0 Å². The van der Waals surface area contributed by atoms with Crippen molar-refractivity contribution in [1.29, 1.82) is 0 Å². The van der Waals surface area contributed by atoms with Gasteiger partial charge in [-0.1, -0.05) is 6.08 Å². The van der Waals surface area contributed by atoms with Crippen LogP contribution in [-0.4, -0.2) is 270 Å². The minimum absolute atomic E-state index is 0.0858.